The van der Waals surface area contributed by atoms with Gasteiger partial charge in [0.25, 0.3) is 0 Å². The Balaban J connectivity index is 2.63. The van der Waals surface area contributed by atoms with Crippen LogP contribution in [0.15, 0.2) is 0 Å². The zero-order valence-corrected chi connectivity index (χ0v) is 14.0. The molecular weight excluding hydrogens is 234 g/mol. The van der Waals surface area contributed by atoms with Crippen molar-refractivity contribution < 1.29 is 4.74 Å². The fourth-order valence-corrected chi connectivity index (χ4v) is 3.32. The van der Waals surface area contributed by atoms with Crippen LogP contribution < -0.4 is 5.32 Å². The maximum atomic E-state index is 5.66. The van der Waals surface area contributed by atoms with Crippen molar-refractivity contribution in [2.24, 2.45) is 17.3 Å². The molecule has 0 aliphatic heterocycles. The average molecular weight is 269 g/mol. The summed E-state index contributed by atoms with van der Waals surface area (Å²) in [5, 5.41) is 3.92. The molecule has 1 fully saturated rings. The summed E-state index contributed by atoms with van der Waals surface area (Å²) in [6.07, 6.45) is 5.49. The molecule has 1 aliphatic rings. The summed E-state index contributed by atoms with van der Waals surface area (Å²) in [7, 11) is 0. The Kier molecular flexibility index (Phi) is 6.82. The van der Waals surface area contributed by atoms with Gasteiger partial charge < -0.3 is 10.1 Å². The van der Waals surface area contributed by atoms with E-state index in [0.29, 0.717) is 23.4 Å². The number of nitrogens with one attached hydrogen (secondary N) is 1. The van der Waals surface area contributed by atoms with Gasteiger partial charge in [-0.15, -0.1) is 0 Å². The lowest BCUT2D eigenvalue weighted by Crippen LogP contribution is -2.51. The van der Waals surface area contributed by atoms with Gasteiger partial charge in [-0.3, -0.25) is 0 Å². The van der Waals surface area contributed by atoms with E-state index in [0.717, 1.165) is 19.1 Å². The van der Waals surface area contributed by atoms with Crippen LogP contribution in [0.4, 0.5) is 0 Å². The molecule has 0 heterocycles. The van der Waals surface area contributed by atoms with Gasteiger partial charge in [0.1, 0.15) is 0 Å². The first-order chi connectivity index (χ1) is 8.86. The molecule has 0 aromatic rings. The molecule has 3 atom stereocenters. The second kappa shape index (κ2) is 7.64. The van der Waals surface area contributed by atoms with Crippen molar-refractivity contribution in [2.45, 2.75) is 79.3 Å². The molecule has 0 saturated heterocycles. The smallest absolute Gasteiger partial charge is 0.0622 e. The summed E-state index contributed by atoms with van der Waals surface area (Å²) < 4.78 is 5.66. The minimum Gasteiger partial charge on any atom is -0.380 e. The standard InChI is InChI=1S/C17H35NO/c1-7-19-12-16(13(2)3)18-15-11-9-8-10-14(15)17(4,5)6/h13-16,18H,7-12H2,1-6H3. The lowest BCUT2D eigenvalue weighted by Gasteiger charge is -2.43. The Hall–Kier alpha value is -0.0800. The predicted molar refractivity (Wildman–Crippen MR) is 83.5 cm³/mol. The summed E-state index contributed by atoms with van der Waals surface area (Å²) >= 11 is 0. The Morgan fingerprint density at radius 3 is 2.32 bits per heavy atom. The van der Waals surface area contributed by atoms with Crippen molar-refractivity contribution in [1.82, 2.24) is 5.32 Å². The summed E-state index contributed by atoms with van der Waals surface area (Å²) in [6, 6.07) is 1.16. The Labute approximate surface area is 120 Å². The second-order valence-electron chi connectivity index (χ2n) is 7.54. The van der Waals surface area contributed by atoms with Crippen LogP contribution in [0.1, 0.15) is 67.2 Å². The van der Waals surface area contributed by atoms with E-state index < -0.39 is 0 Å². The molecular formula is C17H35NO. The summed E-state index contributed by atoms with van der Waals surface area (Å²) in [6.45, 7) is 15.5. The summed E-state index contributed by atoms with van der Waals surface area (Å²) in [5.41, 5.74) is 0.408. The van der Waals surface area contributed by atoms with E-state index in [1.807, 2.05) is 0 Å². The zero-order valence-electron chi connectivity index (χ0n) is 14.0. The highest BCUT2D eigenvalue weighted by molar-refractivity contribution is 4.90. The number of hydrogen-bond acceptors (Lipinski definition) is 2. The highest BCUT2D eigenvalue weighted by atomic mass is 16.5. The molecule has 19 heavy (non-hydrogen) atoms. The predicted octanol–water partition coefficient (Wildman–Crippen LogP) is 4.24. The third-order valence-corrected chi connectivity index (χ3v) is 4.61. The van der Waals surface area contributed by atoms with Crippen LogP contribution in [-0.2, 0) is 4.74 Å². The molecule has 1 rings (SSSR count). The van der Waals surface area contributed by atoms with Crippen molar-refractivity contribution >= 4 is 0 Å². The van der Waals surface area contributed by atoms with Crippen LogP contribution in [0.5, 0.6) is 0 Å². The van der Waals surface area contributed by atoms with Crippen LogP contribution in [0, 0.1) is 17.3 Å². The van der Waals surface area contributed by atoms with Crippen molar-refractivity contribution in [3.63, 3.8) is 0 Å². The van der Waals surface area contributed by atoms with Crippen LogP contribution in [-0.4, -0.2) is 25.3 Å². The number of ether oxygens (including phenoxy) is 1. The number of hydrogen-bond donors (Lipinski definition) is 1. The fourth-order valence-electron chi connectivity index (χ4n) is 3.32. The molecule has 3 unspecified atom stereocenters. The van der Waals surface area contributed by atoms with Gasteiger partial charge in [-0.1, -0.05) is 47.5 Å². The molecule has 0 radical (unpaired) electrons. The van der Waals surface area contributed by atoms with Crippen LogP contribution >= 0.6 is 0 Å². The first-order valence-corrected chi connectivity index (χ1v) is 8.20. The maximum absolute atomic E-state index is 5.66. The van der Waals surface area contributed by atoms with E-state index in [2.05, 4.69) is 46.9 Å². The van der Waals surface area contributed by atoms with Crippen molar-refractivity contribution in [2.75, 3.05) is 13.2 Å². The number of rotatable bonds is 6. The van der Waals surface area contributed by atoms with E-state index in [1.165, 1.54) is 25.7 Å². The van der Waals surface area contributed by atoms with Gasteiger partial charge in [0.2, 0.25) is 0 Å². The van der Waals surface area contributed by atoms with Crippen LogP contribution in [0.25, 0.3) is 0 Å². The van der Waals surface area contributed by atoms with E-state index in [4.69, 9.17) is 4.74 Å². The average Bonchev–Trinajstić information content (AvgIpc) is 2.33. The first kappa shape index (κ1) is 17.0. The van der Waals surface area contributed by atoms with Crippen molar-refractivity contribution in [1.29, 1.82) is 0 Å². The third-order valence-electron chi connectivity index (χ3n) is 4.61. The molecule has 0 aromatic carbocycles. The summed E-state index contributed by atoms with van der Waals surface area (Å²) in [5.74, 6) is 1.43. The second-order valence-corrected chi connectivity index (χ2v) is 7.54. The van der Waals surface area contributed by atoms with Crippen LogP contribution in [0.3, 0.4) is 0 Å². The van der Waals surface area contributed by atoms with Crippen molar-refractivity contribution in [3.8, 4) is 0 Å². The lowest BCUT2D eigenvalue weighted by atomic mass is 9.69. The summed E-state index contributed by atoms with van der Waals surface area (Å²) in [4.78, 5) is 0. The Morgan fingerprint density at radius 2 is 1.79 bits per heavy atom. The van der Waals surface area contributed by atoms with E-state index in [-0.39, 0.29) is 0 Å². The minimum absolute atomic E-state index is 0.408. The highest BCUT2D eigenvalue weighted by Crippen LogP contribution is 2.38. The molecule has 0 spiro atoms. The zero-order chi connectivity index (χ0) is 14.5. The fraction of sp³-hybridized carbons (Fsp3) is 1.00. The lowest BCUT2D eigenvalue weighted by molar-refractivity contribution is 0.0731. The van der Waals surface area contributed by atoms with Gasteiger partial charge in [0, 0.05) is 18.7 Å². The largest absolute Gasteiger partial charge is 0.380 e. The van der Waals surface area contributed by atoms with E-state index in [1.54, 1.807) is 0 Å². The van der Waals surface area contributed by atoms with Gasteiger partial charge >= 0.3 is 0 Å². The van der Waals surface area contributed by atoms with Crippen molar-refractivity contribution in [3.05, 3.63) is 0 Å². The van der Waals surface area contributed by atoms with Gasteiger partial charge in [-0.25, -0.2) is 0 Å². The molecule has 1 saturated carbocycles. The molecule has 2 heteroatoms. The van der Waals surface area contributed by atoms with E-state index in [9.17, 15) is 0 Å². The van der Waals surface area contributed by atoms with E-state index >= 15 is 0 Å². The molecule has 1 aliphatic carbocycles. The maximum Gasteiger partial charge on any atom is 0.0622 e. The third kappa shape index (κ3) is 5.43. The monoisotopic (exact) mass is 269 g/mol. The normalized spacial score (nSPS) is 26.7. The van der Waals surface area contributed by atoms with Gasteiger partial charge in [-0.2, -0.15) is 0 Å². The molecule has 1 N–H and O–H groups in total. The Morgan fingerprint density at radius 1 is 1.16 bits per heavy atom. The van der Waals surface area contributed by atoms with Gasteiger partial charge in [-0.05, 0) is 37.0 Å². The highest BCUT2D eigenvalue weighted by Gasteiger charge is 2.35. The molecule has 0 amide bonds. The quantitative estimate of drug-likeness (QED) is 0.778. The molecule has 0 bridgehead atoms. The molecule has 0 aromatic heterocycles. The Bertz CT molecular complexity index is 244. The van der Waals surface area contributed by atoms with Gasteiger partial charge in [0.05, 0.1) is 6.61 Å². The first-order valence-electron chi connectivity index (χ1n) is 8.20. The SMILES string of the molecule is CCOCC(NC1CCCCC1C(C)(C)C)C(C)C. The minimum atomic E-state index is 0.408. The molecule has 2 nitrogen and oxygen atoms in total. The van der Waals surface area contributed by atoms with Crippen LogP contribution in [0.2, 0.25) is 0 Å². The molecule has 114 valence electrons. The van der Waals surface area contributed by atoms with Gasteiger partial charge in [0.15, 0.2) is 0 Å². The topological polar surface area (TPSA) is 21.3 Å².